The van der Waals surface area contributed by atoms with Crippen molar-refractivity contribution in [2.45, 2.75) is 97.2 Å². The highest BCUT2D eigenvalue weighted by Crippen LogP contribution is 2.43. The molecule has 0 N–H and O–H groups in total. The van der Waals surface area contributed by atoms with E-state index >= 15 is 0 Å². The predicted molar refractivity (Wildman–Crippen MR) is 96.1 cm³/mol. The smallest absolute Gasteiger partial charge is 0.302 e. The minimum atomic E-state index is -1.95. The fraction of sp³-hybridized carbons (Fsp3) is 0.944. The molecule has 0 amide bonds. The second-order valence-electron chi connectivity index (χ2n) is 7.94. The van der Waals surface area contributed by atoms with Gasteiger partial charge in [-0.25, -0.2) is 0 Å². The number of carbonyl (C=O) groups excluding carboxylic acids is 1. The Morgan fingerprint density at radius 3 is 1.78 bits per heavy atom. The van der Waals surface area contributed by atoms with Crippen molar-refractivity contribution < 1.29 is 18.7 Å². The second-order valence-corrected chi connectivity index (χ2v) is 13.4. The van der Waals surface area contributed by atoms with E-state index in [-0.39, 0.29) is 30.2 Å². The lowest BCUT2D eigenvalue weighted by molar-refractivity contribution is -0.151. The summed E-state index contributed by atoms with van der Waals surface area (Å²) in [5, 5.41) is 0. The number of hydrogen-bond donors (Lipinski definition) is 0. The average Bonchev–Trinajstić information content (AvgIpc) is 3.12. The van der Waals surface area contributed by atoms with E-state index in [1.54, 1.807) is 0 Å². The molecule has 136 valence electrons. The van der Waals surface area contributed by atoms with Crippen LogP contribution in [0.25, 0.3) is 0 Å². The molecule has 0 aromatic heterocycles. The lowest BCUT2D eigenvalue weighted by Gasteiger charge is -2.43. The Morgan fingerprint density at radius 2 is 1.48 bits per heavy atom. The van der Waals surface area contributed by atoms with Crippen LogP contribution in [0.5, 0.6) is 0 Å². The molecule has 1 heterocycles. The minimum absolute atomic E-state index is 0.159. The lowest BCUT2D eigenvalue weighted by Crippen LogP contribution is -2.50. The highest BCUT2D eigenvalue weighted by atomic mass is 28.4. The molecule has 0 spiro atoms. The lowest BCUT2D eigenvalue weighted by atomic mass is 9.99. The van der Waals surface area contributed by atoms with Crippen LogP contribution in [0.4, 0.5) is 0 Å². The summed E-state index contributed by atoms with van der Waals surface area (Å²) in [7, 11) is -1.95. The van der Waals surface area contributed by atoms with E-state index in [1.807, 2.05) is 0 Å². The average molecular weight is 345 g/mol. The van der Waals surface area contributed by atoms with E-state index < -0.39 is 8.32 Å². The predicted octanol–water partition coefficient (Wildman–Crippen LogP) is 4.53. The van der Waals surface area contributed by atoms with Crippen LogP contribution in [-0.2, 0) is 18.7 Å². The molecule has 0 aromatic carbocycles. The summed E-state index contributed by atoms with van der Waals surface area (Å²) in [5.41, 5.74) is 1.56. The summed E-state index contributed by atoms with van der Waals surface area (Å²) in [6.45, 7) is 19.7. The normalized spacial score (nSPS) is 24.2. The van der Waals surface area contributed by atoms with Gasteiger partial charge in [0.15, 0.2) is 0 Å². The summed E-state index contributed by atoms with van der Waals surface area (Å²) in [4.78, 5) is 11.5. The standard InChI is InChI=1S/C18H36O4Si/c1-11(2)23(12(3)4,13(5)6)20-10-17(22-16(9)19)14(7)18-15(8)21-18/h11-15,17-18H,10H2,1-9H3/t14-,15+,17+,18-/m1/s1. The zero-order valence-electron chi connectivity index (χ0n) is 16.4. The Morgan fingerprint density at radius 1 is 1.04 bits per heavy atom. The Kier molecular flexibility index (Phi) is 7.29. The molecule has 0 aromatic rings. The van der Waals surface area contributed by atoms with Crippen LogP contribution >= 0.6 is 0 Å². The van der Waals surface area contributed by atoms with Crippen molar-refractivity contribution in [1.82, 2.24) is 0 Å². The maximum absolute atomic E-state index is 11.5. The van der Waals surface area contributed by atoms with Crippen molar-refractivity contribution in [2.75, 3.05) is 6.61 Å². The SMILES string of the molecule is CC(=O)O[C@@H](CO[Si](C(C)C)(C(C)C)C(C)C)[C@@H](C)[C@H]1O[C@H]1C. The number of esters is 1. The molecule has 1 fully saturated rings. The molecule has 0 saturated carbocycles. The van der Waals surface area contributed by atoms with Gasteiger partial charge in [-0.15, -0.1) is 0 Å². The van der Waals surface area contributed by atoms with Crippen molar-refractivity contribution in [3.8, 4) is 0 Å². The molecule has 1 aliphatic rings. The largest absolute Gasteiger partial charge is 0.460 e. The molecule has 4 atom stereocenters. The van der Waals surface area contributed by atoms with Crippen LogP contribution in [0, 0.1) is 5.92 Å². The Labute approximate surface area is 143 Å². The first kappa shape index (κ1) is 20.7. The topological polar surface area (TPSA) is 48.1 Å². The monoisotopic (exact) mass is 344 g/mol. The van der Waals surface area contributed by atoms with E-state index in [4.69, 9.17) is 13.9 Å². The molecular formula is C18H36O4Si. The van der Waals surface area contributed by atoms with Gasteiger partial charge in [-0.2, -0.15) is 0 Å². The molecule has 0 radical (unpaired) electrons. The zero-order chi connectivity index (χ0) is 17.9. The van der Waals surface area contributed by atoms with Gasteiger partial charge in [0, 0.05) is 12.8 Å². The van der Waals surface area contributed by atoms with Gasteiger partial charge >= 0.3 is 5.97 Å². The van der Waals surface area contributed by atoms with E-state index in [1.165, 1.54) is 6.92 Å². The van der Waals surface area contributed by atoms with Crippen molar-refractivity contribution in [2.24, 2.45) is 5.92 Å². The zero-order valence-corrected chi connectivity index (χ0v) is 17.4. The molecule has 0 unspecified atom stereocenters. The van der Waals surface area contributed by atoms with Gasteiger partial charge in [0.25, 0.3) is 0 Å². The van der Waals surface area contributed by atoms with Gasteiger partial charge in [-0.3, -0.25) is 4.79 Å². The van der Waals surface area contributed by atoms with E-state index in [2.05, 4.69) is 55.4 Å². The highest BCUT2D eigenvalue weighted by Gasteiger charge is 2.48. The number of hydrogen-bond acceptors (Lipinski definition) is 4. The Balaban J connectivity index is 2.86. The van der Waals surface area contributed by atoms with Crippen LogP contribution in [-0.4, -0.2) is 39.2 Å². The summed E-state index contributed by atoms with van der Waals surface area (Å²) in [5.74, 6) is -0.0863. The molecule has 1 saturated heterocycles. The number of rotatable bonds is 9. The quantitative estimate of drug-likeness (QED) is 0.350. The van der Waals surface area contributed by atoms with E-state index in [9.17, 15) is 4.79 Å². The molecule has 1 aliphatic heterocycles. The third-order valence-electron chi connectivity index (χ3n) is 5.38. The summed E-state index contributed by atoms with van der Waals surface area (Å²) in [6, 6.07) is 0. The van der Waals surface area contributed by atoms with Crippen LogP contribution in [0.15, 0.2) is 0 Å². The number of carbonyl (C=O) groups is 1. The van der Waals surface area contributed by atoms with Crippen LogP contribution in [0.1, 0.15) is 62.3 Å². The van der Waals surface area contributed by atoms with Crippen LogP contribution in [0.3, 0.4) is 0 Å². The third-order valence-corrected chi connectivity index (χ3v) is 11.5. The van der Waals surface area contributed by atoms with E-state index in [0.717, 1.165) is 0 Å². The van der Waals surface area contributed by atoms with Crippen LogP contribution in [0.2, 0.25) is 16.6 Å². The van der Waals surface area contributed by atoms with Gasteiger partial charge in [0.05, 0.1) is 18.8 Å². The summed E-state index contributed by atoms with van der Waals surface area (Å²) < 4.78 is 17.8. The van der Waals surface area contributed by atoms with Crippen molar-refractivity contribution >= 4 is 14.3 Å². The maximum Gasteiger partial charge on any atom is 0.302 e. The van der Waals surface area contributed by atoms with Crippen molar-refractivity contribution in [1.29, 1.82) is 0 Å². The molecule has 1 rings (SSSR count). The number of ether oxygens (including phenoxy) is 2. The van der Waals surface area contributed by atoms with Crippen molar-refractivity contribution in [3.63, 3.8) is 0 Å². The van der Waals surface area contributed by atoms with Gasteiger partial charge in [-0.05, 0) is 23.5 Å². The maximum atomic E-state index is 11.5. The Bertz CT molecular complexity index is 373. The minimum Gasteiger partial charge on any atom is -0.460 e. The fourth-order valence-electron chi connectivity index (χ4n) is 4.20. The van der Waals surface area contributed by atoms with Gasteiger partial charge < -0.3 is 13.9 Å². The van der Waals surface area contributed by atoms with Crippen LogP contribution < -0.4 is 0 Å². The molecule has 0 aliphatic carbocycles. The second kappa shape index (κ2) is 8.12. The first-order valence-corrected chi connectivity index (χ1v) is 11.1. The van der Waals surface area contributed by atoms with Gasteiger partial charge in [0.1, 0.15) is 6.10 Å². The van der Waals surface area contributed by atoms with Crippen molar-refractivity contribution in [3.05, 3.63) is 0 Å². The molecule has 4 nitrogen and oxygen atoms in total. The van der Waals surface area contributed by atoms with Gasteiger partial charge in [-0.1, -0.05) is 48.5 Å². The molecule has 23 heavy (non-hydrogen) atoms. The summed E-state index contributed by atoms with van der Waals surface area (Å²) >= 11 is 0. The molecular weight excluding hydrogens is 308 g/mol. The van der Waals surface area contributed by atoms with E-state index in [0.29, 0.717) is 23.2 Å². The third kappa shape index (κ3) is 4.80. The fourth-order valence-corrected chi connectivity index (χ4v) is 9.65. The summed E-state index contributed by atoms with van der Waals surface area (Å²) in [6.07, 6.45) is 0.201. The molecule has 5 heteroatoms. The molecule has 0 bridgehead atoms. The first-order valence-electron chi connectivity index (χ1n) is 9.00. The van der Waals surface area contributed by atoms with Gasteiger partial charge in [0.2, 0.25) is 8.32 Å². The first-order chi connectivity index (χ1) is 10.5. The number of epoxide rings is 1. The Hall–Kier alpha value is -0.393. The highest BCUT2D eigenvalue weighted by molar-refractivity contribution is 6.77.